The van der Waals surface area contributed by atoms with Crippen LogP contribution in [0.2, 0.25) is 0 Å². The monoisotopic (exact) mass is 258 g/mol. The number of nitrogens with zero attached hydrogens (tertiary/aromatic N) is 3. The number of aryl methyl sites for hydroxylation is 1. The molecule has 0 saturated carbocycles. The first-order valence-electron chi connectivity index (χ1n) is 5.96. The van der Waals surface area contributed by atoms with Crippen LogP contribution in [0, 0.1) is 0 Å². The number of anilines is 1. The standard InChI is InChI=1S/C13H14N4S/c1-2-10-3-4-11(18-10)9-15-13-12-5-6-16-17(12)8-7-14-13/h3-8H,2,9H2,1H3,(H,14,15). The van der Waals surface area contributed by atoms with Gasteiger partial charge in [-0.25, -0.2) is 9.50 Å². The summed E-state index contributed by atoms with van der Waals surface area (Å²) in [6.07, 6.45) is 6.48. The molecule has 0 saturated heterocycles. The molecule has 0 bridgehead atoms. The molecular formula is C13H14N4S. The van der Waals surface area contributed by atoms with Gasteiger partial charge in [-0.2, -0.15) is 5.10 Å². The van der Waals surface area contributed by atoms with Crippen molar-refractivity contribution in [2.24, 2.45) is 0 Å². The number of aromatic nitrogens is 3. The van der Waals surface area contributed by atoms with Gasteiger partial charge < -0.3 is 5.32 Å². The molecule has 0 aliphatic rings. The SMILES string of the molecule is CCc1ccc(CNc2nccn3nccc23)s1. The maximum atomic E-state index is 4.35. The number of nitrogens with one attached hydrogen (secondary N) is 1. The Morgan fingerprint density at radius 3 is 2.94 bits per heavy atom. The number of fused-ring (bicyclic) bond motifs is 1. The number of hydrogen-bond donors (Lipinski definition) is 1. The summed E-state index contributed by atoms with van der Waals surface area (Å²) in [5.41, 5.74) is 1.00. The van der Waals surface area contributed by atoms with Crippen LogP contribution in [0.15, 0.2) is 36.8 Å². The van der Waals surface area contributed by atoms with Crippen LogP contribution in [0.5, 0.6) is 0 Å². The molecule has 3 heterocycles. The van der Waals surface area contributed by atoms with Gasteiger partial charge in [-0.1, -0.05) is 6.92 Å². The van der Waals surface area contributed by atoms with Crippen molar-refractivity contribution in [3.05, 3.63) is 46.5 Å². The maximum Gasteiger partial charge on any atom is 0.152 e. The molecule has 5 heteroatoms. The molecule has 92 valence electrons. The third-order valence-electron chi connectivity index (χ3n) is 2.82. The van der Waals surface area contributed by atoms with E-state index in [4.69, 9.17) is 0 Å². The second-order valence-corrected chi connectivity index (χ2v) is 5.26. The van der Waals surface area contributed by atoms with Crippen molar-refractivity contribution in [2.45, 2.75) is 19.9 Å². The normalized spacial score (nSPS) is 10.9. The molecule has 0 spiro atoms. The lowest BCUT2D eigenvalue weighted by Gasteiger charge is -2.05. The van der Waals surface area contributed by atoms with Gasteiger partial charge in [-0.15, -0.1) is 11.3 Å². The summed E-state index contributed by atoms with van der Waals surface area (Å²) < 4.78 is 1.82. The number of hydrogen-bond acceptors (Lipinski definition) is 4. The van der Waals surface area contributed by atoms with Gasteiger partial charge >= 0.3 is 0 Å². The summed E-state index contributed by atoms with van der Waals surface area (Å²) in [7, 11) is 0. The van der Waals surface area contributed by atoms with E-state index in [2.05, 4.69) is 34.5 Å². The van der Waals surface area contributed by atoms with E-state index >= 15 is 0 Å². The van der Waals surface area contributed by atoms with E-state index in [1.165, 1.54) is 9.75 Å². The fourth-order valence-electron chi connectivity index (χ4n) is 1.87. The van der Waals surface area contributed by atoms with E-state index in [9.17, 15) is 0 Å². The zero-order valence-electron chi connectivity index (χ0n) is 10.1. The van der Waals surface area contributed by atoms with Crippen molar-refractivity contribution in [2.75, 3.05) is 5.32 Å². The molecule has 0 aliphatic carbocycles. The molecular weight excluding hydrogens is 244 g/mol. The molecule has 3 aromatic heterocycles. The van der Waals surface area contributed by atoms with Crippen LogP contribution in [0.4, 0.5) is 5.82 Å². The van der Waals surface area contributed by atoms with Gasteiger partial charge in [0.25, 0.3) is 0 Å². The Labute approximate surface area is 109 Å². The van der Waals surface area contributed by atoms with Crippen molar-refractivity contribution in [3.63, 3.8) is 0 Å². The number of rotatable bonds is 4. The largest absolute Gasteiger partial charge is 0.363 e. The first-order valence-corrected chi connectivity index (χ1v) is 6.78. The zero-order chi connectivity index (χ0) is 12.4. The van der Waals surface area contributed by atoms with Gasteiger partial charge in [0.1, 0.15) is 5.52 Å². The average Bonchev–Trinajstić information content (AvgIpc) is 3.05. The minimum absolute atomic E-state index is 0.808. The van der Waals surface area contributed by atoms with Crippen LogP contribution < -0.4 is 5.32 Å². The van der Waals surface area contributed by atoms with Crippen LogP contribution in [0.25, 0.3) is 5.52 Å². The number of thiophene rings is 1. The van der Waals surface area contributed by atoms with Crippen LogP contribution in [0.3, 0.4) is 0 Å². The highest BCUT2D eigenvalue weighted by Gasteiger charge is 2.03. The lowest BCUT2D eigenvalue weighted by molar-refractivity contribution is 0.943. The maximum absolute atomic E-state index is 4.35. The molecule has 3 aromatic rings. The fourth-order valence-corrected chi connectivity index (χ4v) is 2.77. The Morgan fingerprint density at radius 1 is 1.22 bits per heavy atom. The molecule has 0 fully saturated rings. The Bertz CT molecular complexity index is 656. The van der Waals surface area contributed by atoms with E-state index in [0.717, 1.165) is 24.3 Å². The third-order valence-corrected chi connectivity index (χ3v) is 4.05. The average molecular weight is 258 g/mol. The second-order valence-electron chi connectivity index (χ2n) is 4.01. The summed E-state index contributed by atoms with van der Waals surface area (Å²) in [4.78, 5) is 7.10. The predicted octanol–water partition coefficient (Wildman–Crippen LogP) is 2.97. The first-order chi connectivity index (χ1) is 8.86. The lowest BCUT2D eigenvalue weighted by atomic mass is 10.3. The quantitative estimate of drug-likeness (QED) is 0.782. The fraction of sp³-hybridized carbons (Fsp3) is 0.231. The third kappa shape index (κ3) is 2.09. The molecule has 0 atom stereocenters. The highest BCUT2D eigenvalue weighted by atomic mass is 32.1. The first kappa shape index (κ1) is 11.2. The highest BCUT2D eigenvalue weighted by Crippen LogP contribution is 2.19. The molecule has 0 radical (unpaired) electrons. The van der Waals surface area contributed by atoms with Gasteiger partial charge in [0, 0.05) is 22.1 Å². The summed E-state index contributed by atoms with van der Waals surface area (Å²) in [5, 5.41) is 7.56. The van der Waals surface area contributed by atoms with E-state index in [1.807, 2.05) is 28.1 Å². The molecule has 0 aliphatic heterocycles. The molecule has 0 unspecified atom stereocenters. The van der Waals surface area contributed by atoms with Gasteiger partial charge in [0.05, 0.1) is 12.7 Å². The van der Waals surface area contributed by atoms with Crippen LogP contribution in [-0.2, 0) is 13.0 Å². The molecule has 3 rings (SSSR count). The summed E-state index contributed by atoms with van der Waals surface area (Å²) >= 11 is 1.85. The molecule has 1 N–H and O–H groups in total. The highest BCUT2D eigenvalue weighted by molar-refractivity contribution is 7.12. The summed E-state index contributed by atoms with van der Waals surface area (Å²) in [6.45, 7) is 2.99. The van der Waals surface area contributed by atoms with Gasteiger partial charge in [0.15, 0.2) is 5.82 Å². The van der Waals surface area contributed by atoms with Crippen molar-refractivity contribution < 1.29 is 0 Å². The minimum Gasteiger partial charge on any atom is -0.363 e. The Kier molecular flexibility index (Phi) is 2.98. The summed E-state index contributed by atoms with van der Waals surface area (Å²) in [5.74, 6) is 0.876. The topological polar surface area (TPSA) is 42.2 Å². The Hall–Kier alpha value is -1.88. The van der Waals surface area contributed by atoms with Gasteiger partial charge in [-0.05, 0) is 24.6 Å². The molecule has 0 aromatic carbocycles. The molecule has 18 heavy (non-hydrogen) atoms. The summed E-state index contributed by atoms with van der Waals surface area (Å²) in [6, 6.07) is 6.32. The predicted molar refractivity (Wildman–Crippen MR) is 74.0 cm³/mol. The lowest BCUT2D eigenvalue weighted by Crippen LogP contribution is -2.02. The Balaban J connectivity index is 1.78. The van der Waals surface area contributed by atoms with E-state index in [0.29, 0.717) is 0 Å². The molecule has 4 nitrogen and oxygen atoms in total. The smallest absolute Gasteiger partial charge is 0.152 e. The van der Waals surface area contributed by atoms with Crippen LogP contribution in [0.1, 0.15) is 16.7 Å². The minimum atomic E-state index is 0.808. The van der Waals surface area contributed by atoms with E-state index in [1.54, 1.807) is 12.4 Å². The van der Waals surface area contributed by atoms with Crippen LogP contribution in [-0.4, -0.2) is 14.6 Å². The second kappa shape index (κ2) is 4.78. The van der Waals surface area contributed by atoms with Crippen molar-refractivity contribution in [1.82, 2.24) is 14.6 Å². The molecule has 0 amide bonds. The van der Waals surface area contributed by atoms with Crippen molar-refractivity contribution in [3.8, 4) is 0 Å². The Morgan fingerprint density at radius 2 is 2.11 bits per heavy atom. The van der Waals surface area contributed by atoms with Gasteiger partial charge in [-0.3, -0.25) is 0 Å². The zero-order valence-corrected chi connectivity index (χ0v) is 10.9. The van der Waals surface area contributed by atoms with Crippen molar-refractivity contribution >= 4 is 22.7 Å². The van der Waals surface area contributed by atoms with Crippen molar-refractivity contribution in [1.29, 1.82) is 0 Å². The van der Waals surface area contributed by atoms with E-state index < -0.39 is 0 Å². The van der Waals surface area contributed by atoms with Gasteiger partial charge in [0.2, 0.25) is 0 Å². The van der Waals surface area contributed by atoms with E-state index in [-0.39, 0.29) is 0 Å². The van der Waals surface area contributed by atoms with Crippen LogP contribution >= 0.6 is 11.3 Å².